The lowest BCUT2D eigenvalue weighted by Crippen LogP contribution is -2.48. The molecule has 2 fully saturated rings. The van der Waals surface area contributed by atoms with Gasteiger partial charge >= 0.3 is 6.03 Å². The molecule has 0 aromatic heterocycles. The van der Waals surface area contributed by atoms with Crippen molar-refractivity contribution in [3.05, 3.63) is 0 Å². The van der Waals surface area contributed by atoms with Gasteiger partial charge in [0, 0.05) is 25.7 Å². The standard InChI is InChI=1S/C11H21N3O/c1-4-14-10(15)13(9(2)3)8-11(14)5-6-12-7-11/h9,12H,4-8H2,1-3H3. The van der Waals surface area contributed by atoms with E-state index in [0.29, 0.717) is 6.04 Å². The molecule has 2 aliphatic rings. The molecule has 0 aromatic rings. The monoisotopic (exact) mass is 211 g/mol. The summed E-state index contributed by atoms with van der Waals surface area (Å²) in [4.78, 5) is 16.2. The zero-order valence-electron chi connectivity index (χ0n) is 9.92. The van der Waals surface area contributed by atoms with E-state index >= 15 is 0 Å². The van der Waals surface area contributed by atoms with Crippen molar-refractivity contribution in [3.63, 3.8) is 0 Å². The molecule has 2 heterocycles. The van der Waals surface area contributed by atoms with Gasteiger partial charge in [0.1, 0.15) is 0 Å². The lowest BCUT2D eigenvalue weighted by atomic mass is 9.98. The Labute approximate surface area is 91.6 Å². The Kier molecular flexibility index (Phi) is 2.63. The highest BCUT2D eigenvalue weighted by Gasteiger charge is 2.50. The first-order chi connectivity index (χ1) is 7.10. The van der Waals surface area contributed by atoms with Crippen LogP contribution < -0.4 is 5.32 Å². The molecular formula is C11H21N3O. The highest BCUT2D eigenvalue weighted by Crippen LogP contribution is 2.32. The quantitative estimate of drug-likeness (QED) is 0.736. The van der Waals surface area contributed by atoms with E-state index in [2.05, 4.69) is 26.1 Å². The minimum absolute atomic E-state index is 0.0795. The Morgan fingerprint density at radius 2 is 2.27 bits per heavy atom. The molecule has 2 rings (SSSR count). The van der Waals surface area contributed by atoms with E-state index < -0.39 is 0 Å². The number of rotatable bonds is 2. The molecule has 0 bridgehead atoms. The summed E-state index contributed by atoms with van der Waals surface area (Å²) in [5.74, 6) is 0. The molecule has 1 N–H and O–H groups in total. The molecule has 2 amide bonds. The molecule has 4 heteroatoms. The normalized spacial score (nSPS) is 31.3. The zero-order valence-corrected chi connectivity index (χ0v) is 9.92. The van der Waals surface area contributed by atoms with Gasteiger partial charge < -0.3 is 15.1 Å². The number of nitrogens with one attached hydrogen (secondary N) is 1. The van der Waals surface area contributed by atoms with Crippen LogP contribution in [0.5, 0.6) is 0 Å². The van der Waals surface area contributed by atoms with Crippen LogP contribution in [0.15, 0.2) is 0 Å². The fourth-order valence-electron chi connectivity index (χ4n) is 2.80. The minimum atomic E-state index is 0.0795. The SMILES string of the molecule is CCN1C(=O)N(C(C)C)CC12CCNC2. The average molecular weight is 211 g/mol. The number of likely N-dealkylation sites (N-methyl/N-ethyl adjacent to an activating group) is 1. The highest BCUT2D eigenvalue weighted by molar-refractivity contribution is 5.78. The fraction of sp³-hybridized carbons (Fsp3) is 0.909. The van der Waals surface area contributed by atoms with E-state index in [1.165, 1.54) is 0 Å². The van der Waals surface area contributed by atoms with Gasteiger partial charge in [0.2, 0.25) is 0 Å². The number of carbonyl (C=O) groups is 1. The van der Waals surface area contributed by atoms with Crippen molar-refractivity contribution in [2.75, 3.05) is 26.2 Å². The molecule has 0 saturated carbocycles. The Bertz CT molecular complexity index is 259. The maximum atomic E-state index is 12.2. The van der Waals surface area contributed by atoms with Crippen LogP contribution in [0.2, 0.25) is 0 Å². The van der Waals surface area contributed by atoms with Gasteiger partial charge in [-0.2, -0.15) is 0 Å². The van der Waals surface area contributed by atoms with Crippen LogP contribution in [0.25, 0.3) is 0 Å². The molecule has 1 atom stereocenters. The summed E-state index contributed by atoms with van der Waals surface area (Å²) >= 11 is 0. The Hall–Kier alpha value is -0.770. The third-order valence-electron chi connectivity index (χ3n) is 3.67. The van der Waals surface area contributed by atoms with Gasteiger partial charge in [-0.05, 0) is 33.7 Å². The molecule has 86 valence electrons. The van der Waals surface area contributed by atoms with Gasteiger partial charge in [-0.25, -0.2) is 4.79 Å². The van der Waals surface area contributed by atoms with E-state index in [9.17, 15) is 4.79 Å². The van der Waals surface area contributed by atoms with E-state index in [0.717, 1.165) is 32.6 Å². The van der Waals surface area contributed by atoms with Crippen molar-refractivity contribution < 1.29 is 4.79 Å². The minimum Gasteiger partial charge on any atom is -0.320 e. The predicted molar refractivity (Wildman–Crippen MR) is 59.8 cm³/mol. The molecule has 1 unspecified atom stereocenters. The lowest BCUT2D eigenvalue weighted by Gasteiger charge is -2.31. The molecule has 0 aliphatic carbocycles. The number of carbonyl (C=O) groups excluding carboxylic acids is 1. The second-order valence-electron chi connectivity index (χ2n) is 4.90. The third kappa shape index (κ3) is 1.51. The highest BCUT2D eigenvalue weighted by atomic mass is 16.2. The van der Waals surface area contributed by atoms with Gasteiger partial charge in [-0.15, -0.1) is 0 Å². The van der Waals surface area contributed by atoms with Crippen molar-refractivity contribution in [3.8, 4) is 0 Å². The number of amides is 2. The molecule has 0 aromatic carbocycles. The average Bonchev–Trinajstić information content (AvgIpc) is 2.74. The van der Waals surface area contributed by atoms with E-state index in [1.807, 2.05) is 9.80 Å². The number of nitrogens with zero attached hydrogens (tertiary/aromatic N) is 2. The second-order valence-corrected chi connectivity index (χ2v) is 4.90. The maximum absolute atomic E-state index is 12.2. The van der Waals surface area contributed by atoms with Crippen LogP contribution >= 0.6 is 0 Å². The Balaban J connectivity index is 2.23. The molecule has 1 spiro atoms. The zero-order chi connectivity index (χ0) is 11.1. The molecular weight excluding hydrogens is 190 g/mol. The Morgan fingerprint density at radius 1 is 1.53 bits per heavy atom. The smallest absolute Gasteiger partial charge is 0.320 e. The third-order valence-corrected chi connectivity index (χ3v) is 3.67. The summed E-state index contributed by atoms with van der Waals surface area (Å²) in [6.07, 6.45) is 1.09. The summed E-state index contributed by atoms with van der Waals surface area (Å²) in [5.41, 5.74) is 0.0795. The van der Waals surface area contributed by atoms with E-state index in [1.54, 1.807) is 0 Å². The van der Waals surface area contributed by atoms with Crippen LogP contribution in [0.4, 0.5) is 4.79 Å². The number of hydrogen-bond acceptors (Lipinski definition) is 2. The number of hydrogen-bond donors (Lipinski definition) is 1. The molecule has 2 aliphatic heterocycles. The summed E-state index contributed by atoms with van der Waals surface area (Å²) in [5, 5.41) is 3.38. The second kappa shape index (κ2) is 3.67. The largest absolute Gasteiger partial charge is 0.320 e. The van der Waals surface area contributed by atoms with Gasteiger partial charge in [-0.1, -0.05) is 0 Å². The van der Waals surface area contributed by atoms with E-state index in [-0.39, 0.29) is 11.6 Å². The van der Waals surface area contributed by atoms with Crippen LogP contribution in [-0.2, 0) is 0 Å². The van der Waals surface area contributed by atoms with Crippen molar-refractivity contribution in [1.82, 2.24) is 15.1 Å². The molecule has 4 nitrogen and oxygen atoms in total. The van der Waals surface area contributed by atoms with Gasteiger partial charge in [0.15, 0.2) is 0 Å². The van der Waals surface area contributed by atoms with Crippen molar-refractivity contribution in [1.29, 1.82) is 0 Å². The lowest BCUT2D eigenvalue weighted by molar-refractivity contribution is 0.166. The summed E-state index contributed by atoms with van der Waals surface area (Å²) < 4.78 is 0. The van der Waals surface area contributed by atoms with Crippen LogP contribution in [0, 0.1) is 0 Å². The first-order valence-corrected chi connectivity index (χ1v) is 5.90. The summed E-state index contributed by atoms with van der Waals surface area (Å²) in [6, 6.07) is 0.530. The van der Waals surface area contributed by atoms with Crippen LogP contribution in [-0.4, -0.2) is 53.6 Å². The fourth-order valence-corrected chi connectivity index (χ4v) is 2.80. The number of urea groups is 1. The van der Waals surface area contributed by atoms with Crippen molar-refractivity contribution >= 4 is 6.03 Å². The summed E-state index contributed by atoms with van der Waals surface area (Å²) in [6.45, 7) is 9.96. The predicted octanol–water partition coefficient (Wildman–Crippen LogP) is 0.884. The topological polar surface area (TPSA) is 35.6 Å². The molecule has 0 radical (unpaired) electrons. The van der Waals surface area contributed by atoms with Gasteiger partial charge in [0.05, 0.1) is 5.54 Å². The van der Waals surface area contributed by atoms with Crippen LogP contribution in [0.3, 0.4) is 0 Å². The first kappa shape index (κ1) is 10.7. The van der Waals surface area contributed by atoms with Crippen molar-refractivity contribution in [2.45, 2.75) is 38.8 Å². The first-order valence-electron chi connectivity index (χ1n) is 5.90. The molecule has 2 saturated heterocycles. The summed E-state index contributed by atoms with van der Waals surface area (Å²) in [7, 11) is 0. The van der Waals surface area contributed by atoms with Crippen molar-refractivity contribution in [2.24, 2.45) is 0 Å². The van der Waals surface area contributed by atoms with Gasteiger partial charge in [0.25, 0.3) is 0 Å². The van der Waals surface area contributed by atoms with E-state index in [4.69, 9.17) is 0 Å². The van der Waals surface area contributed by atoms with Gasteiger partial charge in [-0.3, -0.25) is 0 Å². The molecule has 15 heavy (non-hydrogen) atoms. The Morgan fingerprint density at radius 3 is 2.73 bits per heavy atom. The maximum Gasteiger partial charge on any atom is 0.320 e. The van der Waals surface area contributed by atoms with Crippen LogP contribution in [0.1, 0.15) is 27.2 Å².